The van der Waals surface area contributed by atoms with Crippen LogP contribution in [-0.4, -0.2) is 35.4 Å². The van der Waals surface area contributed by atoms with Gasteiger partial charge in [-0.1, -0.05) is 48.5 Å². The maximum atomic E-state index is 12.7. The number of nitro benzene ring substituents is 1. The van der Waals surface area contributed by atoms with Crippen molar-refractivity contribution in [1.82, 2.24) is 10.2 Å². The SMILES string of the molecule is O=C(NC[C@H](c1cccc2ccccc12)N1CCCC1)c1cccc([N+](=O)[O-])c1. The Labute approximate surface area is 169 Å². The van der Waals surface area contributed by atoms with Crippen LogP contribution in [0.1, 0.15) is 34.8 Å². The lowest BCUT2D eigenvalue weighted by Gasteiger charge is -2.29. The van der Waals surface area contributed by atoms with Crippen molar-refractivity contribution in [3.63, 3.8) is 0 Å². The van der Waals surface area contributed by atoms with Crippen molar-refractivity contribution in [1.29, 1.82) is 0 Å². The topological polar surface area (TPSA) is 75.5 Å². The Hall–Kier alpha value is -3.25. The Morgan fingerprint density at radius 2 is 1.76 bits per heavy atom. The van der Waals surface area contributed by atoms with Crippen LogP contribution in [0, 0.1) is 10.1 Å². The number of hydrogen-bond donors (Lipinski definition) is 1. The average Bonchev–Trinajstić information content (AvgIpc) is 3.28. The molecule has 0 aromatic heterocycles. The predicted molar refractivity (Wildman–Crippen MR) is 113 cm³/mol. The van der Waals surface area contributed by atoms with E-state index in [4.69, 9.17) is 0 Å². The number of nitro groups is 1. The monoisotopic (exact) mass is 389 g/mol. The van der Waals surface area contributed by atoms with Crippen molar-refractivity contribution in [2.45, 2.75) is 18.9 Å². The number of amides is 1. The van der Waals surface area contributed by atoms with E-state index in [9.17, 15) is 14.9 Å². The van der Waals surface area contributed by atoms with Crippen molar-refractivity contribution < 1.29 is 9.72 Å². The Bertz CT molecular complexity index is 1040. The van der Waals surface area contributed by atoms with Gasteiger partial charge in [0, 0.05) is 24.2 Å². The predicted octanol–water partition coefficient (Wildman–Crippen LogP) is 4.31. The summed E-state index contributed by atoms with van der Waals surface area (Å²) < 4.78 is 0. The second-order valence-electron chi connectivity index (χ2n) is 7.34. The smallest absolute Gasteiger partial charge is 0.270 e. The number of benzene rings is 3. The molecule has 4 rings (SSSR count). The normalized spacial score (nSPS) is 15.3. The fourth-order valence-electron chi connectivity index (χ4n) is 4.08. The number of fused-ring (bicyclic) bond motifs is 1. The first-order chi connectivity index (χ1) is 14.1. The van der Waals surface area contributed by atoms with Crippen molar-refractivity contribution >= 4 is 22.4 Å². The third-order valence-electron chi connectivity index (χ3n) is 5.54. The summed E-state index contributed by atoms with van der Waals surface area (Å²) in [5, 5.41) is 16.4. The maximum Gasteiger partial charge on any atom is 0.270 e. The molecule has 0 bridgehead atoms. The lowest BCUT2D eigenvalue weighted by molar-refractivity contribution is -0.384. The number of hydrogen-bond acceptors (Lipinski definition) is 4. The van der Waals surface area contributed by atoms with Gasteiger partial charge in [0.2, 0.25) is 0 Å². The highest BCUT2D eigenvalue weighted by Crippen LogP contribution is 2.30. The number of non-ortho nitro benzene ring substituents is 1. The lowest BCUT2D eigenvalue weighted by Crippen LogP contribution is -2.37. The second kappa shape index (κ2) is 8.41. The van der Waals surface area contributed by atoms with Gasteiger partial charge in [-0.2, -0.15) is 0 Å². The van der Waals surface area contributed by atoms with Crippen molar-refractivity contribution in [2.24, 2.45) is 0 Å². The summed E-state index contributed by atoms with van der Waals surface area (Å²) in [4.78, 5) is 25.6. The van der Waals surface area contributed by atoms with Gasteiger partial charge in [-0.15, -0.1) is 0 Å². The van der Waals surface area contributed by atoms with E-state index in [-0.39, 0.29) is 17.6 Å². The summed E-state index contributed by atoms with van der Waals surface area (Å²) in [5.41, 5.74) is 1.42. The van der Waals surface area contributed by atoms with Gasteiger partial charge in [0.1, 0.15) is 0 Å². The molecule has 1 aliphatic rings. The highest BCUT2D eigenvalue weighted by atomic mass is 16.6. The molecule has 1 aliphatic heterocycles. The quantitative estimate of drug-likeness (QED) is 0.503. The molecule has 1 amide bonds. The summed E-state index contributed by atoms with van der Waals surface area (Å²) in [6.45, 7) is 2.46. The van der Waals surface area contributed by atoms with Gasteiger partial charge in [-0.3, -0.25) is 19.8 Å². The standard InChI is InChI=1S/C23H23N3O3/c27-23(18-9-5-10-19(15-18)26(28)29)24-16-22(25-13-3-4-14-25)21-12-6-8-17-7-1-2-11-20(17)21/h1-2,5-12,15,22H,3-4,13-14,16H2,(H,24,27)/t22-/m1/s1. The van der Waals surface area contributed by atoms with Gasteiger partial charge in [0.25, 0.3) is 11.6 Å². The third kappa shape index (κ3) is 4.12. The van der Waals surface area contributed by atoms with Crippen LogP contribution in [0.15, 0.2) is 66.7 Å². The third-order valence-corrected chi connectivity index (χ3v) is 5.54. The number of nitrogens with zero attached hydrogens (tertiary/aromatic N) is 2. The molecule has 1 N–H and O–H groups in total. The van der Waals surface area contributed by atoms with Crippen LogP contribution in [0.2, 0.25) is 0 Å². The van der Waals surface area contributed by atoms with E-state index in [0.29, 0.717) is 12.1 Å². The number of likely N-dealkylation sites (tertiary alicyclic amines) is 1. The number of nitrogens with one attached hydrogen (secondary N) is 1. The zero-order valence-corrected chi connectivity index (χ0v) is 16.1. The molecule has 3 aromatic rings. The molecule has 6 nitrogen and oxygen atoms in total. The summed E-state index contributed by atoms with van der Waals surface area (Å²) >= 11 is 0. The minimum absolute atomic E-state index is 0.0613. The Morgan fingerprint density at radius 3 is 2.55 bits per heavy atom. The van der Waals surface area contributed by atoms with E-state index in [1.54, 1.807) is 6.07 Å². The van der Waals surface area contributed by atoms with Crippen LogP contribution < -0.4 is 5.32 Å². The van der Waals surface area contributed by atoms with E-state index in [1.165, 1.54) is 34.5 Å². The molecule has 148 valence electrons. The van der Waals surface area contributed by atoms with E-state index in [1.807, 2.05) is 12.1 Å². The first kappa shape index (κ1) is 19.1. The summed E-state index contributed by atoms with van der Waals surface area (Å²) in [6, 6.07) is 20.5. The van der Waals surface area contributed by atoms with Crippen LogP contribution in [0.4, 0.5) is 5.69 Å². The molecular weight excluding hydrogens is 366 g/mol. The van der Waals surface area contributed by atoms with Crippen LogP contribution in [0.25, 0.3) is 10.8 Å². The Kier molecular flexibility index (Phi) is 5.53. The van der Waals surface area contributed by atoms with E-state index >= 15 is 0 Å². The van der Waals surface area contributed by atoms with Crippen molar-refractivity contribution in [3.8, 4) is 0 Å². The molecule has 0 saturated carbocycles. The van der Waals surface area contributed by atoms with Crippen LogP contribution in [0.5, 0.6) is 0 Å². The fraction of sp³-hybridized carbons (Fsp3) is 0.261. The zero-order valence-electron chi connectivity index (χ0n) is 16.1. The maximum absolute atomic E-state index is 12.7. The highest BCUT2D eigenvalue weighted by Gasteiger charge is 2.25. The highest BCUT2D eigenvalue weighted by molar-refractivity contribution is 5.95. The molecule has 0 spiro atoms. The summed E-state index contributed by atoms with van der Waals surface area (Å²) in [6.07, 6.45) is 2.31. The van der Waals surface area contributed by atoms with Crippen molar-refractivity contribution in [2.75, 3.05) is 19.6 Å². The molecule has 1 saturated heterocycles. The largest absolute Gasteiger partial charge is 0.350 e. The van der Waals surface area contributed by atoms with Gasteiger partial charge in [-0.05, 0) is 48.3 Å². The molecule has 0 unspecified atom stereocenters. The van der Waals surface area contributed by atoms with Gasteiger partial charge in [-0.25, -0.2) is 0 Å². The molecular formula is C23H23N3O3. The first-order valence-corrected chi connectivity index (χ1v) is 9.88. The van der Waals surface area contributed by atoms with E-state index < -0.39 is 4.92 Å². The zero-order chi connectivity index (χ0) is 20.2. The Balaban J connectivity index is 1.59. The molecule has 0 radical (unpaired) electrons. The first-order valence-electron chi connectivity index (χ1n) is 9.88. The van der Waals surface area contributed by atoms with Crippen LogP contribution in [-0.2, 0) is 0 Å². The number of rotatable bonds is 6. The van der Waals surface area contributed by atoms with Gasteiger partial charge in [0.15, 0.2) is 0 Å². The van der Waals surface area contributed by atoms with Gasteiger partial charge < -0.3 is 5.32 Å². The van der Waals surface area contributed by atoms with E-state index in [2.05, 4.69) is 40.5 Å². The lowest BCUT2D eigenvalue weighted by atomic mass is 9.97. The van der Waals surface area contributed by atoms with Gasteiger partial charge >= 0.3 is 0 Å². The molecule has 0 aliphatic carbocycles. The second-order valence-corrected chi connectivity index (χ2v) is 7.34. The average molecular weight is 389 g/mol. The summed E-state index contributed by atoms with van der Waals surface area (Å²) in [5.74, 6) is -0.293. The molecule has 1 fully saturated rings. The number of carbonyl (C=O) groups is 1. The fourth-order valence-corrected chi connectivity index (χ4v) is 4.08. The van der Waals surface area contributed by atoms with Gasteiger partial charge in [0.05, 0.1) is 11.0 Å². The molecule has 6 heteroatoms. The molecule has 1 atom stereocenters. The molecule has 29 heavy (non-hydrogen) atoms. The summed E-state index contributed by atoms with van der Waals surface area (Å²) in [7, 11) is 0. The molecule has 1 heterocycles. The molecule has 3 aromatic carbocycles. The Morgan fingerprint density at radius 1 is 1.03 bits per heavy atom. The minimum atomic E-state index is -0.486. The van der Waals surface area contributed by atoms with Crippen LogP contribution in [0.3, 0.4) is 0 Å². The van der Waals surface area contributed by atoms with Crippen molar-refractivity contribution in [3.05, 3.63) is 88.0 Å². The van der Waals surface area contributed by atoms with E-state index in [0.717, 1.165) is 25.9 Å². The number of carbonyl (C=O) groups excluding carboxylic acids is 1. The van der Waals surface area contributed by atoms with Crippen LogP contribution >= 0.6 is 0 Å². The minimum Gasteiger partial charge on any atom is -0.350 e.